The number of carbonyl (C=O) groups excluding carboxylic acids is 3. The molecule has 1 aromatic heterocycles. The third-order valence-corrected chi connectivity index (χ3v) is 4.53. The second kappa shape index (κ2) is 10.4. The molecule has 2 heterocycles. The Labute approximate surface area is 196 Å². The van der Waals surface area contributed by atoms with Gasteiger partial charge in [0.25, 0.3) is 5.91 Å². The van der Waals surface area contributed by atoms with Crippen LogP contribution >= 0.6 is 0 Å². The molecule has 35 heavy (non-hydrogen) atoms. The maximum Gasteiger partial charge on any atom is 0.373 e. The van der Waals surface area contributed by atoms with Crippen LogP contribution in [0.25, 0.3) is 6.08 Å². The number of carboxylic acid groups (broad SMARTS) is 1. The van der Waals surface area contributed by atoms with Crippen molar-refractivity contribution in [2.45, 2.75) is 13.5 Å². The Morgan fingerprint density at radius 2 is 2.00 bits per heavy atom. The van der Waals surface area contributed by atoms with Gasteiger partial charge in [0, 0.05) is 6.07 Å². The minimum Gasteiger partial charge on any atom is -0.490 e. The molecule has 2 N–H and O–H groups in total. The summed E-state index contributed by atoms with van der Waals surface area (Å²) < 4.78 is 20.2. The molecule has 184 valence electrons. The number of nitrogens with zero attached hydrogens (tertiary/aromatic N) is 2. The number of nitrogens with one attached hydrogen (secondary N) is 1. The number of carboxylic acids is 1. The zero-order valence-electron chi connectivity index (χ0n) is 18.4. The Bertz CT molecular complexity index is 1230. The van der Waals surface area contributed by atoms with Crippen molar-refractivity contribution in [1.82, 2.24) is 10.2 Å². The number of ether oxygens (including phenoxy) is 3. The van der Waals surface area contributed by atoms with Gasteiger partial charge in [-0.3, -0.25) is 19.8 Å². The fourth-order valence-corrected chi connectivity index (χ4v) is 3.08. The molecule has 0 atom stereocenters. The highest BCUT2D eigenvalue weighted by molar-refractivity contribution is 6.13. The lowest BCUT2D eigenvalue weighted by atomic mass is 10.1. The van der Waals surface area contributed by atoms with Crippen LogP contribution in [0.4, 0.5) is 10.5 Å². The van der Waals surface area contributed by atoms with Crippen molar-refractivity contribution in [3.63, 3.8) is 0 Å². The third kappa shape index (κ3) is 5.55. The van der Waals surface area contributed by atoms with E-state index < -0.39 is 41.1 Å². The molecule has 1 aliphatic heterocycles. The normalized spacial score (nSPS) is 14.1. The summed E-state index contributed by atoms with van der Waals surface area (Å²) in [5, 5.41) is 22.8. The molecule has 3 rings (SSSR count). The van der Waals surface area contributed by atoms with Gasteiger partial charge in [-0.15, -0.1) is 0 Å². The second-order valence-electron chi connectivity index (χ2n) is 6.88. The van der Waals surface area contributed by atoms with Crippen LogP contribution in [-0.4, -0.2) is 59.1 Å². The Balaban J connectivity index is 1.90. The van der Waals surface area contributed by atoms with Crippen molar-refractivity contribution in [1.29, 1.82) is 0 Å². The van der Waals surface area contributed by atoms with E-state index in [9.17, 15) is 29.3 Å². The first-order chi connectivity index (χ1) is 16.6. The van der Waals surface area contributed by atoms with Crippen molar-refractivity contribution in [3.8, 4) is 11.5 Å². The molecule has 3 amide bonds. The fourth-order valence-electron chi connectivity index (χ4n) is 3.08. The molecular weight excluding hydrogens is 470 g/mol. The summed E-state index contributed by atoms with van der Waals surface area (Å²) >= 11 is 0. The van der Waals surface area contributed by atoms with Gasteiger partial charge in [-0.25, -0.2) is 14.4 Å². The summed E-state index contributed by atoms with van der Waals surface area (Å²) in [6, 6.07) is 4.31. The first kappa shape index (κ1) is 24.8. The quantitative estimate of drug-likeness (QED) is 0.163. The number of methoxy groups -OCH3 is 1. The predicted molar refractivity (Wildman–Crippen MR) is 115 cm³/mol. The zero-order valence-corrected chi connectivity index (χ0v) is 18.4. The van der Waals surface area contributed by atoms with Crippen LogP contribution in [0.2, 0.25) is 0 Å². The standard InChI is InChI=1S/C21H19N3O11/c1-3-33-16-8-11(7-14(24(30)31)18(16)34-10-17(25)26)6-13-19(27)23(21(29)22-13)9-12-4-5-15(35-12)20(28)32-2/h4-8H,3,9-10H2,1-2H3,(H,22,29)(H,25,26)/b13-6-. The van der Waals surface area contributed by atoms with Gasteiger partial charge in [-0.2, -0.15) is 0 Å². The van der Waals surface area contributed by atoms with Gasteiger partial charge in [-0.1, -0.05) is 0 Å². The van der Waals surface area contributed by atoms with Crippen molar-refractivity contribution in [3.05, 3.63) is 57.2 Å². The van der Waals surface area contributed by atoms with E-state index in [1.807, 2.05) is 0 Å². The van der Waals surface area contributed by atoms with E-state index in [2.05, 4.69) is 10.1 Å². The highest BCUT2D eigenvalue weighted by Gasteiger charge is 2.35. The van der Waals surface area contributed by atoms with Gasteiger partial charge in [0.2, 0.25) is 11.5 Å². The number of nitro groups is 1. The molecule has 14 nitrogen and oxygen atoms in total. The number of aliphatic carboxylic acids is 1. The molecule has 0 unspecified atom stereocenters. The molecular formula is C21H19N3O11. The van der Waals surface area contributed by atoms with Gasteiger partial charge in [0.1, 0.15) is 11.5 Å². The highest BCUT2D eigenvalue weighted by Crippen LogP contribution is 2.39. The predicted octanol–water partition coefficient (Wildman–Crippen LogP) is 1.93. The Kier molecular flexibility index (Phi) is 7.34. The monoisotopic (exact) mass is 489 g/mol. The first-order valence-electron chi connectivity index (χ1n) is 9.96. The maximum absolute atomic E-state index is 12.8. The summed E-state index contributed by atoms with van der Waals surface area (Å²) in [5.74, 6) is -3.29. The fraction of sp³-hybridized carbons (Fsp3) is 0.238. The van der Waals surface area contributed by atoms with Gasteiger partial charge >= 0.3 is 23.7 Å². The average molecular weight is 489 g/mol. The lowest BCUT2D eigenvalue weighted by Crippen LogP contribution is -2.30. The Hall–Kier alpha value is -4.88. The van der Waals surface area contributed by atoms with Crippen LogP contribution in [0.1, 0.15) is 28.8 Å². The van der Waals surface area contributed by atoms with Crippen LogP contribution in [0.5, 0.6) is 11.5 Å². The minimum absolute atomic E-state index is 0.0841. The van der Waals surface area contributed by atoms with Crippen molar-refractivity contribution < 1.29 is 47.8 Å². The molecule has 0 saturated carbocycles. The van der Waals surface area contributed by atoms with Gasteiger partial charge < -0.3 is 29.1 Å². The number of benzene rings is 1. The number of imide groups is 1. The van der Waals surface area contributed by atoms with E-state index in [0.29, 0.717) is 0 Å². The number of carbonyl (C=O) groups is 4. The number of urea groups is 1. The van der Waals surface area contributed by atoms with Gasteiger partial charge in [-0.05, 0) is 36.8 Å². The molecule has 1 aliphatic rings. The van der Waals surface area contributed by atoms with E-state index in [4.69, 9.17) is 19.0 Å². The van der Waals surface area contributed by atoms with E-state index in [1.54, 1.807) is 6.92 Å². The maximum atomic E-state index is 12.8. The molecule has 2 aromatic rings. The summed E-state index contributed by atoms with van der Waals surface area (Å²) in [6.45, 7) is 0.568. The van der Waals surface area contributed by atoms with Gasteiger partial charge in [0.15, 0.2) is 12.4 Å². The Morgan fingerprint density at radius 1 is 1.26 bits per heavy atom. The summed E-state index contributed by atoms with van der Waals surface area (Å²) in [4.78, 5) is 59.1. The SMILES string of the molecule is CCOc1cc(/C=C2\NC(=O)N(Cc3ccc(C(=O)OC)o3)C2=O)cc([N+](=O)[O-])c1OCC(=O)O. The van der Waals surface area contributed by atoms with Gasteiger partial charge in [0.05, 0.1) is 25.2 Å². The summed E-state index contributed by atoms with van der Waals surface area (Å²) in [7, 11) is 1.17. The van der Waals surface area contributed by atoms with E-state index in [-0.39, 0.29) is 47.4 Å². The molecule has 1 saturated heterocycles. The number of rotatable bonds is 10. The third-order valence-electron chi connectivity index (χ3n) is 4.53. The van der Waals surface area contributed by atoms with Crippen molar-refractivity contribution in [2.75, 3.05) is 20.3 Å². The highest BCUT2D eigenvalue weighted by atomic mass is 16.6. The molecule has 1 aromatic carbocycles. The van der Waals surface area contributed by atoms with Crippen LogP contribution < -0.4 is 14.8 Å². The number of hydrogen-bond donors (Lipinski definition) is 2. The minimum atomic E-state index is -1.34. The molecule has 1 fully saturated rings. The Morgan fingerprint density at radius 3 is 2.63 bits per heavy atom. The molecule has 0 radical (unpaired) electrons. The zero-order chi connectivity index (χ0) is 25.7. The largest absolute Gasteiger partial charge is 0.490 e. The van der Waals surface area contributed by atoms with Crippen LogP contribution in [0, 0.1) is 10.1 Å². The number of furan rings is 1. The number of amides is 3. The lowest BCUT2D eigenvalue weighted by molar-refractivity contribution is -0.385. The van der Waals surface area contributed by atoms with E-state index in [1.165, 1.54) is 31.4 Å². The van der Waals surface area contributed by atoms with Crippen LogP contribution in [0.15, 0.2) is 34.4 Å². The topological polar surface area (TPSA) is 188 Å². The van der Waals surface area contributed by atoms with Crippen molar-refractivity contribution >= 4 is 35.6 Å². The number of esters is 1. The molecule has 0 aliphatic carbocycles. The lowest BCUT2D eigenvalue weighted by Gasteiger charge is -2.12. The second-order valence-corrected chi connectivity index (χ2v) is 6.88. The number of nitro benzene ring substituents is 1. The average Bonchev–Trinajstić information content (AvgIpc) is 3.38. The van der Waals surface area contributed by atoms with Crippen LogP contribution in [0.3, 0.4) is 0 Å². The van der Waals surface area contributed by atoms with Crippen LogP contribution in [-0.2, 0) is 20.9 Å². The smallest absolute Gasteiger partial charge is 0.373 e. The molecule has 0 spiro atoms. The molecule has 14 heteroatoms. The summed E-state index contributed by atoms with van der Waals surface area (Å²) in [6.07, 6.45) is 1.19. The number of hydrogen-bond acceptors (Lipinski definition) is 10. The molecule has 0 bridgehead atoms. The summed E-state index contributed by atoms with van der Waals surface area (Å²) in [5.41, 5.74) is -0.673. The van der Waals surface area contributed by atoms with E-state index >= 15 is 0 Å². The van der Waals surface area contributed by atoms with Crippen molar-refractivity contribution in [2.24, 2.45) is 0 Å². The van der Waals surface area contributed by atoms with E-state index in [0.717, 1.165) is 11.0 Å². The first-order valence-corrected chi connectivity index (χ1v) is 9.96.